The van der Waals surface area contributed by atoms with Gasteiger partial charge in [0.15, 0.2) is 11.9 Å². The lowest BCUT2D eigenvalue weighted by Gasteiger charge is -2.20. The number of carboxylic acids is 1. The van der Waals surface area contributed by atoms with Gasteiger partial charge in [-0.3, -0.25) is 0 Å². The second kappa shape index (κ2) is 6.85. The highest BCUT2D eigenvalue weighted by Gasteiger charge is 2.13. The molecule has 116 valence electrons. The van der Waals surface area contributed by atoms with E-state index in [9.17, 15) is 4.79 Å². The van der Waals surface area contributed by atoms with Crippen LogP contribution < -0.4 is 9.64 Å². The van der Waals surface area contributed by atoms with Gasteiger partial charge in [0.2, 0.25) is 0 Å². The third kappa shape index (κ3) is 3.81. The van der Waals surface area contributed by atoms with E-state index in [4.69, 9.17) is 33.0 Å². The van der Waals surface area contributed by atoms with Gasteiger partial charge in [0.05, 0.1) is 10.0 Å². The van der Waals surface area contributed by atoms with Crippen LogP contribution in [0, 0.1) is 0 Å². The molecule has 0 spiro atoms. The first-order valence-electron chi connectivity index (χ1n) is 6.43. The molecule has 0 aliphatic carbocycles. The van der Waals surface area contributed by atoms with Gasteiger partial charge in [-0.1, -0.05) is 23.2 Å². The molecule has 0 aliphatic heterocycles. The molecule has 1 N–H and O–H groups in total. The number of hydrogen-bond donors (Lipinski definition) is 1. The molecule has 1 atom stereocenters. The first-order valence-corrected chi connectivity index (χ1v) is 7.18. The topological polar surface area (TPSA) is 62.7 Å². The van der Waals surface area contributed by atoms with E-state index in [0.29, 0.717) is 21.6 Å². The van der Waals surface area contributed by atoms with Gasteiger partial charge in [0, 0.05) is 18.9 Å². The van der Waals surface area contributed by atoms with Crippen LogP contribution in [-0.2, 0) is 4.79 Å². The molecule has 0 aliphatic rings. The molecule has 5 nitrogen and oxygen atoms in total. The zero-order valence-corrected chi connectivity index (χ0v) is 13.5. The van der Waals surface area contributed by atoms with E-state index in [1.54, 1.807) is 35.2 Å². The Hall–Kier alpha value is -1.98. The van der Waals surface area contributed by atoms with E-state index in [-0.39, 0.29) is 0 Å². The molecular weight excluding hydrogens is 327 g/mol. The normalized spacial score (nSPS) is 11.8. The average Bonchev–Trinajstić information content (AvgIpc) is 2.47. The quantitative estimate of drug-likeness (QED) is 0.890. The van der Waals surface area contributed by atoms with Crippen molar-refractivity contribution in [2.75, 3.05) is 11.9 Å². The maximum absolute atomic E-state index is 10.8. The number of ether oxygens (including phenoxy) is 1. The highest BCUT2D eigenvalue weighted by atomic mass is 35.5. The van der Waals surface area contributed by atoms with Crippen LogP contribution in [0.1, 0.15) is 6.92 Å². The first-order chi connectivity index (χ1) is 10.4. The van der Waals surface area contributed by atoms with Gasteiger partial charge in [-0.05, 0) is 37.3 Å². The highest BCUT2D eigenvalue weighted by Crippen LogP contribution is 2.31. The van der Waals surface area contributed by atoms with E-state index in [1.165, 1.54) is 13.1 Å². The van der Waals surface area contributed by atoms with Crippen LogP contribution in [0.2, 0.25) is 10.0 Å². The molecule has 0 saturated heterocycles. The third-order valence-corrected chi connectivity index (χ3v) is 3.48. The summed E-state index contributed by atoms with van der Waals surface area (Å²) >= 11 is 12.0. The minimum atomic E-state index is -1.02. The first kappa shape index (κ1) is 16.4. The number of rotatable bonds is 5. The summed E-state index contributed by atoms with van der Waals surface area (Å²) in [6, 6.07) is 8.57. The van der Waals surface area contributed by atoms with Crippen molar-refractivity contribution in [2.45, 2.75) is 13.0 Å². The smallest absolute Gasteiger partial charge is 0.344 e. The molecule has 0 amide bonds. The summed E-state index contributed by atoms with van der Waals surface area (Å²) in [5, 5.41) is 9.73. The van der Waals surface area contributed by atoms with E-state index >= 15 is 0 Å². The SMILES string of the molecule is CC(Oc1ccc(N(C)c2ncc(Cl)cc2Cl)cc1)C(=O)O. The van der Waals surface area contributed by atoms with Crippen molar-refractivity contribution < 1.29 is 14.6 Å². The fraction of sp³-hybridized carbons (Fsp3) is 0.200. The number of carbonyl (C=O) groups is 1. The van der Waals surface area contributed by atoms with Crippen LogP contribution in [0.5, 0.6) is 5.75 Å². The van der Waals surface area contributed by atoms with Crippen LogP contribution in [0.15, 0.2) is 36.5 Å². The summed E-state index contributed by atoms with van der Waals surface area (Å²) in [6.07, 6.45) is 0.613. The van der Waals surface area contributed by atoms with Crippen LogP contribution >= 0.6 is 23.2 Å². The second-order valence-electron chi connectivity index (χ2n) is 4.61. The molecule has 1 unspecified atom stereocenters. The summed E-state index contributed by atoms with van der Waals surface area (Å²) in [4.78, 5) is 16.8. The van der Waals surface area contributed by atoms with Gasteiger partial charge in [-0.25, -0.2) is 9.78 Å². The Morgan fingerprint density at radius 2 is 1.95 bits per heavy atom. The van der Waals surface area contributed by atoms with E-state index in [1.807, 2.05) is 7.05 Å². The predicted octanol–water partition coefficient (Wildman–Crippen LogP) is 4.01. The number of nitrogens with zero attached hydrogens (tertiary/aromatic N) is 2. The van der Waals surface area contributed by atoms with Crippen molar-refractivity contribution in [1.82, 2.24) is 4.98 Å². The summed E-state index contributed by atoms with van der Waals surface area (Å²) < 4.78 is 5.28. The molecule has 1 aromatic heterocycles. The monoisotopic (exact) mass is 340 g/mol. The Balaban J connectivity index is 2.17. The number of aromatic nitrogens is 1. The molecule has 1 heterocycles. The van der Waals surface area contributed by atoms with Crippen LogP contribution in [-0.4, -0.2) is 29.2 Å². The average molecular weight is 341 g/mol. The highest BCUT2D eigenvalue weighted by molar-refractivity contribution is 6.36. The van der Waals surface area contributed by atoms with E-state index in [0.717, 1.165) is 5.69 Å². The molecule has 2 aromatic rings. The Kier molecular flexibility index (Phi) is 5.11. The van der Waals surface area contributed by atoms with E-state index < -0.39 is 12.1 Å². The second-order valence-corrected chi connectivity index (χ2v) is 5.45. The predicted molar refractivity (Wildman–Crippen MR) is 86.5 cm³/mol. The summed E-state index contributed by atoms with van der Waals surface area (Å²) in [5.74, 6) is 0.0270. The minimum absolute atomic E-state index is 0.440. The number of hydrogen-bond acceptors (Lipinski definition) is 4. The lowest BCUT2D eigenvalue weighted by atomic mass is 10.2. The Morgan fingerprint density at radius 3 is 2.50 bits per heavy atom. The molecule has 7 heteroatoms. The van der Waals surface area contributed by atoms with Crippen molar-refractivity contribution in [1.29, 1.82) is 0 Å². The molecule has 0 fully saturated rings. The molecule has 22 heavy (non-hydrogen) atoms. The lowest BCUT2D eigenvalue weighted by molar-refractivity contribution is -0.144. The number of aliphatic carboxylic acids is 1. The van der Waals surface area contributed by atoms with Crippen molar-refractivity contribution in [3.05, 3.63) is 46.6 Å². The molecule has 0 bridgehead atoms. The maximum atomic E-state index is 10.8. The molecular formula is C15H14Cl2N2O3. The van der Waals surface area contributed by atoms with Crippen molar-refractivity contribution in [2.24, 2.45) is 0 Å². The molecule has 0 radical (unpaired) electrons. The fourth-order valence-corrected chi connectivity index (χ4v) is 2.29. The van der Waals surface area contributed by atoms with E-state index in [2.05, 4.69) is 4.98 Å². The van der Waals surface area contributed by atoms with Gasteiger partial charge >= 0.3 is 5.97 Å². The zero-order chi connectivity index (χ0) is 16.3. The van der Waals surface area contributed by atoms with Gasteiger partial charge in [0.25, 0.3) is 0 Å². The number of pyridine rings is 1. The Labute approximate surface area is 138 Å². The van der Waals surface area contributed by atoms with Gasteiger partial charge in [0.1, 0.15) is 5.75 Å². The Bertz CT molecular complexity index is 677. The van der Waals surface area contributed by atoms with Gasteiger partial charge < -0.3 is 14.7 Å². The van der Waals surface area contributed by atoms with Gasteiger partial charge in [-0.15, -0.1) is 0 Å². The van der Waals surface area contributed by atoms with Crippen LogP contribution in [0.25, 0.3) is 0 Å². The van der Waals surface area contributed by atoms with Crippen molar-refractivity contribution in [3.8, 4) is 5.75 Å². The summed E-state index contributed by atoms with van der Waals surface area (Å²) in [5.41, 5.74) is 0.826. The lowest BCUT2D eigenvalue weighted by Crippen LogP contribution is -2.22. The maximum Gasteiger partial charge on any atom is 0.344 e. The largest absolute Gasteiger partial charge is 0.479 e. The van der Waals surface area contributed by atoms with Gasteiger partial charge in [-0.2, -0.15) is 0 Å². The third-order valence-electron chi connectivity index (χ3n) is 2.99. The minimum Gasteiger partial charge on any atom is -0.479 e. The standard InChI is InChI=1S/C15H14Cl2N2O3/c1-9(15(20)21)22-12-5-3-11(4-6-12)19(2)14-13(17)7-10(16)8-18-14/h3-9H,1-2H3,(H,20,21). The Morgan fingerprint density at radius 1 is 1.32 bits per heavy atom. The van der Waals surface area contributed by atoms with Crippen molar-refractivity contribution >= 4 is 40.7 Å². The molecule has 2 rings (SSSR count). The number of carboxylic acid groups (broad SMARTS) is 1. The summed E-state index contributed by atoms with van der Waals surface area (Å²) in [6.45, 7) is 1.47. The summed E-state index contributed by atoms with van der Waals surface area (Å²) in [7, 11) is 1.82. The zero-order valence-electron chi connectivity index (χ0n) is 12.0. The van der Waals surface area contributed by atoms with Crippen LogP contribution in [0.3, 0.4) is 0 Å². The number of halogens is 2. The van der Waals surface area contributed by atoms with Crippen LogP contribution in [0.4, 0.5) is 11.5 Å². The fourth-order valence-electron chi connectivity index (χ4n) is 1.78. The number of benzene rings is 1. The number of anilines is 2. The van der Waals surface area contributed by atoms with Crippen molar-refractivity contribution in [3.63, 3.8) is 0 Å². The molecule has 0 saturated carbocycles. The molecule has 1 aromatic carbocycles.